The Hall–Kier alpha value is -1.21. The van der Waals surface area contributed by atoms with Crippen LogP contribution in [0.4, 0.5) is 13.2 Å². The smallest absolute Gasteiger partial charge is 0.330 e. The number of rotatable bonds is 2. The molecule has 4 nitrogen and oxygen atoms in total. The number of nitrogens with two attached hydrogens (primary N) is 1. The molecule has 0 aromatic carbocycles. The van der Waals surface area contributed by atoms with Gasteiger partial charge in [0.15, 0.2) is 5.69 Å². The number of alkyl halides is 3. The Morgan fingerprint density at radius 1 is 1.31 bits per heavy atom. The van der Waals surface area contributed by atoms with Gasteiger partial charge in [-0.25, -0.2) is 4.52 Å². The van der Waals surface area contributed by atoms with E-state index in [1.807, 2.05) is 0 Å². The lowest BCUT2D eigenvalue weighted by atomic mass is 10.4. The van der Waals surface area contributed by atoms with E-state index in [2.05, 4.69) is 5.10 Å². The van der Waals surface area contributed by atoms with Crippen LogP contribution in [0.15, 0.2) is 18.5 Å². The summed E-state index contributed by atoms with van der Waals surface area (Å²) < 4.78 is 39.8. The average molecular weight is 255 g/mol. The van der Waals surface area contributed by atoms with Crippen molar-refractivity contribution in [1.82, 2.24) is 14.2 Å². The summed E-state index contributed by atoms with van der Waals surface area (Å²) >= 11 is 0. The third-order valence-electron chi connectivity index (χ3n) is 2.06. The molecule has 2 aromatic rings. The summed E-state index contributed by atoms with van der Waals surface area (Å²) in [5.74, 6) is 0. The maximum Gasteiger partial charge on any atom is 0.435 e. The van der Waals surface area contributed by atoms with Crippen molar-refractivity contribution in [1.29, 1.82) is 0 Å². The van der Waals surface area contributed by atoms with E-state index in [-0.39, 0.29) is 12.4 Å². The lowest BCUT2D eigenvalue weighted by Crippen LogP contribution is -2.08. The van der Waals surface area contributed by atoms with Gasteiger partial charge in [-0.1, -0.05) is 0 Å². The van der Waals surface area contributed by atoms with Crippen LogP contribution < -0.4 is 5.73 Å². The van der Waals surface area contributed by atoms with Gasteiger partial charge in [0, 0.05) is 31.5 Å². The molecule has 0 aliphatic rings. The average Bonchev–Trinajstić information content (AvgIpc) is 2.65. The molecular formula is C8H10ClF3N4. The Morgan fingerprint density at radius 3 is 2.56 bits per heavy atom. The standard InChI is InChI=1S/C8H9F3N4.ClH/c9-8(10,11)6-5-7-14(2-1-12)3-4-15(7)13-6;/h3-5H,1-2,12H2;1H. The lowest BCUT2D eigenvalue weighted by molar-refractivity contribution is -0.141. The molecule has 90 valence electrons. The van der Waals surface area contributed by atoms with Gasteiger partial charge >= 0.3 is 6.18 Å². The molecule has 0 unspecified atom stereocenters. The molecule has 0 saturated carbocycles. The first-order valence-corrected chi connectivity index (χ1v) is 4.34. The minimum atomic E-state index is -4.40. The Morgan fingerprint density at radius 2 is 2.00 bits per heavy atom. The van der Waals surface area contributed by atoms with Gasteiger partial charge in [-0.2, -0.15) is 18.3 Å². The Labute approximate surface area is 95.2 Å². The highest BCUT2D eigenvalue weighted by Gasteiger charge is 2.34. The first kappa shape index (κ1) is 12.9. The van der Waals surface area contributed by atoms with E-state index in [1.165, 1.54) is 10.7 Å². The van der Waals surface area contributed by atoms with Gasteiger partial charge in [-0.3, -0.25) is 0 Å². The fourth-order valence-electron chi connectivity index (χ4n) is 1.40. The number of hydrogen-bond acceptors (Lipinski definition) is 2. The van der Waals surface area contributed by atoms with E-state index in [0.717, 1.165) is 6.07 Å². The number of hydrogen-bond donors (Lipinski definition) is 1. The van der Waals surface area contributed by atoms with Crippen LogP contribution in [0.5, 0.6) is 0 Å². The van der Waals surface area contributed by atoms with Gasteiger partial charge in [0.05, 0.1) is 0 Å². The van der Waals surface area contributed by atoms with Crippen molar-refractivity contribution in [3.63, 3.8) is 0 Å². The Kier molecular flexibility index (Phi) is 3.49. The van der Waals surface area contributed by atoms with Crippen molar-refractivity contribution in [2.24, 2.45) is 5.73 Å². The van der Waals surface area contributed by atoms with E-state index < -0.39 is 11.9 Å². The van der Waals surface area contributed by atoms with Crippen LogP contribution in [0.2, 0.25) is 0 Å². The molecule has 0 amide bonds. The zero-order valence-corrected chi connectivity index (χ0v) is 8.92. The third-order valence-corrected chi connectivity index (χ3v) is 2.06. The summed E-state index contributed by atoms with van der Waals surface area (Å²) in [6, 6.07) is 1.01. The van der Waals surface area contributed by atoms with E-state index in [4.69, 9.17) is 5.73 Å². The highest BCUT2D eigenvalue weighted by atomic mass is 35.5. The second kappa shape index (κ2) is 4.34. The molecule has 0 saturated heterocycles. The first-order chi connectivity index (χ1) is 7.02. The van der Waals surface area contributed by atoms with E-state index >= 15 is 0 Å². The highest BCUT2D eigenvalue weighted by molar-refractivity contribution is 5.85. The minimum absolute atomic E-state index is 0. The number of fused-ring (bicyclic) bond motifs is 1. The van der Waals surface area contributed by atoms with Crippen LogP contribution in [0.25, 0.3) is 5.65 Å². The molecule has 8 heteroatoms. The number of aromatic nitrogens is 3. The molecular weight excluding hydrogens is 245 g/mol. The summed E-state index contributed by atoms with van der Waals surface area (Å²) in [5.41, 5.74) is 4.84. The molecule has 2 aromatic heterocycles. The van der Waals surface area contributed by atoms with Crippen LogP contribution >= 0.6 is 12.4 Å². The zero-order valence-electron chi connectivity index (χ0n) is 8.11. The molecule has 2 rings (SSSR count). The van der Waals surface area contributed by atoms with Gasteiger partial charge in [-0.05, 0) is 0 Å². The topological polar surface area (TPSA) is 48.2 Å². The Bertz CT molecular complexity index is 473. The van der Waals surface area contributed by atoms with Crippen molar-refractivity contribution in [3.8, 4) is 0 Å². The van der Waals surface area contributed by atoms with Crippen molar-refractivity contribution in [2.75, 3.05) is 6.54 Å². The highest BCUT2D eigenvalue weighted by Crippen LogP contribution is 2.28. The molecule has 0 aliphatic heterocycles. The van der Waals surface area contributed by atoms with Crippen molar-refractivity contribution in [3.05, 3.63) is 24.2 Å². The number of imidazole rings is 1. The van der Waals surface area contributed by atoms with E-state index in [9.17, 15) is 13.2 Å². The normalized spacial score (nSPS) is 11.8. The van der Waals surface area contributed by atoms with E-state index in [0.29, 0.717) is 18.7 Å². The largest absolute Gasteiger partial charge is 0.435 e. The van der Waals surface area contributed by atoms with Crippen LogP contribution in [-0.4, -0.2) is 20.7 Å². The van der Waals surface area contributed by atoms with Crippen molar-refractivity contribution in [2.45, 2.75) is 12.7 Å². The second-order valence-corrected chi connectivity index (χ2v) is 3.11. The third kappa shape index (κ3) is 2.14. The summed E-state index contributed by atoms with van der Waals surface area (Å²) in [4.78, 5) is 0. The summed E-state index contributed by atoms with van der Waals surface area (Å²) in [6.07, 6.45) is -1.28. The first-order valence-electron chi connectivity index (χ1n) is 4.34. The fraction of sp³-hybridized carbons (Fsp3) is 0.375. The molecule has 0 aliphatic carbocycles. The quantitative estimate of drug-likeness (QED) is 0.884. The molecule has 0 fully saturated rings. The fourth-order valence-corrected chi connectivity index (χ4v) is 1.40. The van der Waals surface area contributed by atoms with Crippen molar-refractivity contribution < 1.29 is 13.2 Å². The minimum Gasteiger partial charge on any atom is -0.330 e. The van der Waals surface area contributed by atoms with Gasteiger partial charge in [0.2, 0.25) is 0 Å². The molecule has 0 atom stereocenters. The number of nitrogens with zero attached hydrogens (tertiary/aromatic N) is 3. The lowest BCUT2D eigenvalue weighted by Gasteiger charge is -2.00. The second-order valence-electron chi connectivity index (χ2n) is 3.11. The van der Waals surface area contributed by atoms with Crippen LogP contribution in [0, 0.1) is 0 Å². The predicted octanol–water partition coefficient (Wildman–Crippen LogP) is 1.54. The van der Waals surface area contributed by atoms with Crippen molar-refractivity contribution >= 4 is 18.1 Å². The molecule has 0 radical (unpaired) electrons. The van der Waals surface area contributed by atoms with Crippen LogP contribution in [0.3, 0.4) is 0 Å². The maximum atomic E-state index is 12.3. The van der Waals surface area contributed by atoms with Gasteiger partial charge in [-0.15, -0.1) is 12.4 Å². The summed E-state index contributed by atoms with van der Waals surface area (Å²) in [5, 5.41) is 3.42. The monoisotopic (exact) mass is 254 g/mol. The van der Waals surface area contributed by atoms with Crippen LogP contribution in [0.1, 0.15) is 5.69 Å². The number of halogens is 4. The Balaban J connectivity index is 0.00000128. The summed E-state index contributed by atoms with van der Waals surface area (Å²) in [6.45, 7) is 0.844. The molecule has 2 heterocycles. The van der Waals surface area contributed by atoms with Crippen LogP contribution in [-0.2, 0) is 12.7 Å². The zero-order chi connectivity index (χ0) is 11.1. The molecule has 2 N–H and O–H groups in total. The van der Waals surface area contributed by atoms with E-state index in [1.54, 1.807) is 10.8 Å². The molecule has 0 bridgehead atoms. The SMILES string of the molecule is Cl.NCCn1ccn2nc(C(F)(F)F)cc12. The maximum absolute atomic E-state index is 12.3. The van der Waals surface area contributed by atoms with Gasteiger partial charge in [0.1, 0.15) is 5.65 Å². The molecule has 0 spiro atoms. The predicted molar refractivity (Wildman–Crippen MR) is 54.5 cm³/mol. The van der Waals surface area contributed by atoms with Gasteiger partial charge < -0.3 is 10.3 Å². The molecule has 16 heavy (non-hydrogen) atoms. The summed E-state index contributed by atoms with van der Waals surface area (Å²) in [7, 11) is 0. The van der Waals surface area contributed by atoms with Gasteiger partial charge in [0.25, 0.3) is 0 Å².